The van der Waals surface area contributed by atoms with E-state index in [1.54, 1.807) is 11.3 Å². The Morgan fingerprint density at radius 2 is 2.30 bits per heavy atom. The number of carbonyl (C=O) groups is 1. The van der Waals surface area contributed by atoms with Gasteiger partial charge in [-0.1, -0.05) is 26.8 Å². The molecule has 1 fully saturated rings. The van der Waals surface area contributed by atoms with Crippen LogP contribution in [0.4, 0.5) is 0 Å². The zero-order valence-electron chi connectivity index (χ0n) is 14.5. The first-order chi connectivity index (χ1) is 10.9. The molecule has 1 saturated heterocycles. The summed E-state index contributed by atoms with van der Waals surface area (Å²) >= 11 is 1.70. The van der Waals surface area contributed by atoms with E-state index >= 15 is 0 Å². The van der Waals surface area contributed by atoms with E-state index in [1.807, 2.05) is 6.07 Å². The molecule has 5 heteroatoms. The molecule has 0 bridgehead atoms. The van der Waals surface area contributed by atoms with Gasteiger partial charge in [-0.3, -0.25) is 9.69 Å². The van der Waals surface area contributed by atoms with Gasteiger partial charge in [-0.2, -0.15) is 0 Å². The van der Waals surface area contributed by atoms with Gasteiger partial charge in [-0.15, -0.1) is 11.3 Å². The van der Waals surface area contributed by atoms with Crippen molar-refractivity contribution in [2.24, 2.45) is 5.41 Å². The molecule has 1 aliphatic rings. The quantitative estimate of drug-likeness (QED) is 0.803. The Hall–Kier alpha value is -0.910. The van der Waals surface area contributed by atoms with Crippen LogP contribution in [-0.2, 0) is 4.79 Å². The smallest absolute Gasteiger partial charge is 0.234 e. The molecule has 0 radical (unpaired) electrons. The summed E-state index contributed by atoms with van der Waals surface area (Å²) < 4.78 is 0. The minimum Gasteiger partial charge on any atom is -0.396 e. The molecule has 0 aromatic carbocycles. The molecule has 0 spiro atoms. The lowest BCUT2D eigenvalue weighted by Gasteiger charge is -2.32. The Bertz CT molecular complexity index is 482. The molecule has 2 N–H and O–H groups in total. The normalized spacial score (nSPS) is 20.6. The predicted molar refractivity (Wildman–Crippen MR) is 95.6 cm³/mol. The minimum atomic E-state index is -0.0121. The monoisotopic (exact) mass is 338 g/mol. The molecule has 1 amide bonds. The van der Waals surface area contributed by atoms with Crippen molar-refractivity contribution in [1.82, 2.24) is 10.2 Å². The Kier molecular flexibility index (Phi) is 6.62. The van der Waals surface area contributed by atoms with Gasteiger partial charge in [0.15, 0.2) is 0 Å². The summed E-state index contributed by atoms with van der Waals surface area (Å²) in [5.41, 5.74) is -0.0121. The summed E-state index contributed by atoms with van der Waals surface area (Å²) in [4.78, 5) is 16.1. The number of amides is 1. The summed E-state index contributed by atoms with van der Waals surface area (Å²) in [6.45, 7) is 8.19. The van der Waals surface area contributed by atoms with Gasteiger partial charge in [-0.25, -0.2) is 0 Å². The number of nitrogens with one attached hydrogen (secondary N) is 1. The molecule has 2 atom stereocenters. The van der Waals surface area contributed by atoms with Crippen LogP contribution in [0.5, 0.6) is 0 Å². The third kappa shape index (κ3) is 5.30. The van der Waals surface area contributed by atoms with Gasteiger partial charge in [0, 0.05) is 17.5 Å². The average molecular weight is 339 g/mol. The van der Waals surface area contributed by atoms with Crippen molar-refractivity contribution in [3.8, 4) is 0 Å². The van der Waals surface area contributed by atoms with Crippen LogP contribution in [0.15, 0.2) is 17.5 Å². The molecule has 23 heavy (non-hydrogen) atoms. The number of aliphatic hydroxyl groups is 1. The number of carbonyl (C=O) groups excluding carboxylic acids is 1. The summed E-state index contributed by atoms with van der Waals surface area (Å²) in [7, 11) is 0. The minimum absolute atomic E-state index is 0.0121. The predicted octanol–water partition coefficient (Wildman–Crippen LogP) is 3.19. The highest BCUT2D eigenvalue weighted by atomic mass is 32.1. The fourth-order valence-corrected chi connectivity index (χ4v) is 4.34. The zero-order valence-corrected chi connectivity index (χ0v) is 15.4. The maximum Gasteiger partial charge on any atom is 0.234 e. The first-order valence-electron chi connectivity index (χ1n) is 8.59. The van der Waals surface area contributed by atoms with Gasteiger partial charge in [0.05, 0.1) is 12.6 Å². The van der Waals surface area contributed by atoms with Crippen molar-refractivity contribution in [3.63, 3.8) is 0 Å². The molecular weight excluding hydrogens is 308 g/mol. The topological polar surface area (TPSA) is 52.6 Å². The SMILES string of the molecule is CC(C)(C)C(NC(=O)CN1CCCC1CCCO)c1cccs1. The molecule has 0 saturated carbocycles. The van der Waals surface area contributed by atoms with Gasteiger partial charge in [-0.05, 0) is 49.1 Å². The van der Waals surface area contributed by atoms with Crippen molar-refractivity contribution in [2.45, 2.75) is 58.5 Å². The number of likely N-dealkylation sites (tertiary alicyclic amines) is 1. The van der Waals surface area contributed by atoms with Gasteiger partial charge < -0.3 is 10.4 Å². The Labute approximate surface area is 143 Å². The Balaban J connectivity index is 1.94. The van der Waals surface area contributed by atoms with Crippen molar-refractivity contribution in [3.05, 3.63) is 22.4 Å². The van der Waals surface area contributed by atoms with Crippen LogP contribution in [0, 0.1) is 5.41 Å². The summed E-state index contributed by atoms with van der Waals surface area (Å²) in [6, 6.07) is 4.63. The van der Waals surface area contributed by atoms with E-state index < -0.39 is 0 Å². The van der Waals surface area contributed by atoms with Crippen molar-refractivity contribution >= 4 is 17.2 Å². The molecule has 0 aliphatic carbocycles. The van der Waals surface area contributed by atoms with Crippen LogP contribution in [-0.4, -0.2) is 41.7 Å². The van der Waals surface area contributed by atoms with Crippen LogP contribution in [0.3, 0.4) is 0 Å². The molecule has 2 unspecified atom stereocenters. The lowest BCUT2D eigenvalue weighted by atomic mass is 9.85. The Morgan fingerprint density at radius 3 is 2.91 bits per heavy atom. The van der Waals surface area contributed by atoms with E-state index in [0.717, 1.165) is 32.2 Å². The summed E-state index contributed by atoms with van der Waals surface area (Å²) in [5, 5.41) is 14.3. The summed E-state index contributed by atoms with van der Waals surface area (Å²) in [5.74, 6) is 0.106. The standard InChI is InChI=1S/C18H30N2O2S/c1-18(2,3)17(15-9-6-12-23-15)19-16(22)13-20-10-4-7-14(20)8-5-11-21/h6,9,12,14,17,21H,4-5,7-8,10-11,13H2,1-3H3,(H,19,22). The number of thiophene rings is 1. The third-order valence-corrected chi connectivity index (χ3v) is 5.48. The maximum atomic E-state index is 12.6. The highest BCUT2D eigenvalue weighted by Gasteiger charge is 2.31. The summed E-state index contributed by atoms with van der Waals surface area (Å²) in [6.07, 6.45) is 4.10. The first kappa shape index (κ1) is 18.4. The van der Waals surface area contributed by atoms with Crippen molar-refractivity contribution in [2.75, 3.05) is 19.7 Å². The second-order valence-electron chi connectivity index (χ2n) is 7.51. The number of hydrogen-bond donors (Lipinski definition) is 2. The van der Waals surface area contributed by atoms with E-state index in [-0.39, 0.29) is 24.0 Å². The average Bonchev–Trinajstić information content (AvgIpc) is 3.13. The van der Waals surface area contributed by atoms with E-state index in [2.05, 4.69) is 42.4 Å². The van der Waals surface area contributed by atoms with Gasteiger partial charge >= 0.3 is 0 Å². The number of nitrogens with zero attached hydrogens (tertiary/aromatic N) is 1. The highest BCUT2D eigenvalue weighted by molar-refractivity contribution is 7.10. The third-order valence-electron chi connectivity index (χ3n) is 4.54. The van der Waals surface area contributed by atoms with Crippen LogP contribution in [0.25, 0.3) is 0 Å². The van der Waals surface area contributed by atoms with Crippen molar-refractivity contribution in [1.29, 1.82) is 0 Å². The van der Waals surface area contributed by atoms with E-state index in [9.17, 15) is 4.79 Å². The fourth-order valence-electron chi connectivity index (χ4n) is 3.32. The van der Waals surface area contributed by atoms with Crippen LogP contribution in [0.1, 0.15) is 57.4 Å². The van der Waals surface area contributed by atoms with Gasteiger partial charge in [0.25, 0.3) is 0 Å². The fraction of sp³-hybridized carbons (Fsp3) is 0.722. The first-order valence-corrected chi connectivity index (χ1v) is 9.47. The molecule has 2 rings (SSSR count). The molecule has 1 aromatic rings. The highest BCUT2D eigenvalue weighted by Crippen LogP contribution is 2.35. The van der Waals surface area contributed by atoms with Crippen molar-refractivity contribution < 1.29 is 9.90 Å². The number of aliphatic hydroxyl groups excluding tert-OH is 1. The largest absolute Gasteiger partial charge is 0.396 e. The molecule has 1 aromatic heterocycles. The van der Waals surface area contributed by atoms with Gasteiger partial charge in [0.1, 0.15) is 0 Å². The van der Waals surface area contributed by atoms with Crippen LogP contribution < -0.4 is 5.32 Å². The molecular formula is C18H30N2O2S. The molecule has 1 aliphatic heterocycles. The zero-order chi connectivity index (χ0) is 16.9. The lowest BCUT2D eigenvalue weighted by molar-refractivity contribution is -0.124. The maximum absolute atomic E-state index is 12.6. The van der Waals surface area contributed by atoms with E-state index in [0.29, 0.717) is 12.6 Å². The molecule has 4 nitrogen and oxygen atoms in total. The molecule has 130 valence electrons. The second-order valence-corrected chi connectivity index (χ2v) is 8.49. The van der Waals surface area contributed by atoms with Crippen LogP contribution in [0.2, 0.25) is 0 Å². The second kappa shape index (κ2) is 8.27. The number of hydrogen-bond acceptors (Lipinski definition) is 4. The van der Waals surface area contributed by atoms with E-state index in [1.165, 1.54) is 4.88 Å². The number of rotatable bonds is 7. The van der Waals surface area contributed by atoms with E-state index in [4.69, 9.17) is 5.11 Å². The van der Waals surface area contributed by atoms with Crippen LogP contribution >= 0.6 is 11.3 Å². The Morgan fingerprint density at radius 1 is 1.52 bits per heavy atom. The lowest BCUT2D eigenvalue weighted by Crippen LogP contribution is -2.43. The van der Waals surface area contributed by atoms with Gasteiger partial charge in [0.2, 0.25) is 5.91 Å². The molecule has 2 heterocycles.